The molecule has 0 amide bonds. The van der Waals surface area contributed by atoms with Crippen LogP contribution in [0.4, 0.5) is 5.69 Å². The van der Waals surface area contributed by atoms with E-state index < -0.39 is 5.97 Å². The second-order valence-electron chi connectivity index (χ2n) is 3.34. The summed E-state index contributed by atoms with van der Waals surface area (Å²) in [7, 11) is 0. The van der Waals surface area contributed by atoms with Gasteiger partial charge in [0.2, 0.25) is 0 Å². The standard InChI is InChI=1S/C11H14ClNO2/c1-8-9(12)4-2-5-10(8)13-7-3-6-11(14)15/h2,4-5,13H,3,6-7H2,1H3,(H,14,15). The Morgan fingerprint density at radius 2 is 2.27 bits per heavy atom. The first-order chi connectivity index (χ1) is 7.11. The molecule has 82 valence electrons. The summed E-state index contributed by atoms with van der Waals surface area (Å²) < 4.78 is 0. The van der Waals surface area contributed by atoms with Gasteiger partial charge in [0.1, 0.15) is 0 Å². The van der Waals surface area contributed by atoms with E-state index in [1.54, 1.807) is 0 Å². The van der Waals surface area contributed by atoms with E-state index in [0.29, 0.717) is 13.0 Å². The second-order valence-corrected chi connectivity index (χ2v) is 3.74. The fourth-order valence-corrected chi connectivity index (χ4v) is 1.44. The Morgan fingerprint density at radius 3 is 2.93 bits per heavy atom. The zero-order valence-electron chi connectivity index (χ0n) is 8.59. The molecule has 0 aliphatic carbocycles. The van der Waals surface area contributed by atoms with Gasteiger partial charge in [-0.3, -0.25) is 4.79 Å². The molecule has 4 heteroatoms. The number of aliphatic carboxylic acids is 1. The maximum Gasteiger partial charge on any atom is 0.303 e. The molecule has 0 radical (unpaired) electrons. The van der Waals surface area contributed by atoms with Gasteiger partial charge < -0.3 is 10.4 Å². The van der Waals surface area contributed by atoms with Crippen LogP contribution < -0.4 is 5.32 Å². The van der Waals surface area contributed by atoms with Crippen LogP contribution in [0.25, 0.3) is 0 Å². The first-order valence-corrected chi connectivity index (χ1v) is 5.20. The van der Waals surface area contributed by atoms with Gasteiger partial charge in [-0.25, -0.2) is 0 Å². The quantitative estimate of drug-likeness (QED) is 0.761. The van der Waals surface area contributed by atoms with Gasteiger partial charge in [0, 0.05) is 23.7 Å². The maximum absolute atomic E-state index is 10.3. The van der Waals surface area contributed by atoms with Gasteiger partial charge in [0.15, 0.2) is 0 Å². The molecule has 0 spiro atoms. The normalized spacial score (nSPS) is 10.0. The zero-order valence-corrected chi connectivity index (χ0v) is 9.34. The van der Waals surface area contributed by atoms with Crippen LogP contribution in [-0.4, -0.2) is 17.6 Å². The Labute approximate surface area is 94.1 Å². The summed E-state index contributed by atoms with van der Waals surface area (Å²) in [6.45, 7) is 2.58. The van der Waals surface area contributed by atoms with Crippen LogP contribution in [0.1, 0.15) is 18.4 Å². The fourth-order valence-electron chi connectivity index (χ4n) is 1.26. The molecular formula is C11H14ClNO2. The topological polar surface area (TPSA) is 49.3 Å². The lowest BCUT2D eigenvalue weighted by molar-refractivity contribution is -0.137. The SMILES string of the molecule is Cc1c(Cl)cccc1NCCCC(=O)O. The van der Waals surface area contributed by atoms with E-state index in [2.05, 4.69) is 5.32 Å². The molecular weight excluding hydrogens is 214 g/mol. The lowest BCUT2D eigenvalue weighted by atomic mass is 10.2. The summed E-state index contributed by atoms with van der Waals surface area (Å²) in [5, 5.41) is 12.3. The highest BCUT2D eigenvalue weighted by atomic mass is 35.5. The Kier molecular flexibility index (Phi) is 4.43. The molecule has 0 atom stereocenters. The molecule has 0 saturated carbocycles. The van der Waals surface area contributed by atoms with Crippen LogP contribution in [0.3, 0.4) is 0 Å². The second kappa shape index (κ2) is 5.61. The largest absolute Gasteiger partial charge is 0.481 e. The third-order valence-corrected chi connectivity index (χ3v) is 2.56. The van der Waals surface area contributed by atoms with E-state index >= 15 is 0 Å². The molecule has 2 N–H and O–H groups in total. The van der Waals surface area contributed by atoms with E-state index in [-0.39, 0.29) is 6.42 Å². The fraction of sp³-hybridized carbons (Fsp3) is 0.364. The third-order valence-electron chi connectivity index (χ3n) is 2.15. The summed E-state index contributed by atoms with van der Waals surface area (Å²) in [6.07, 6.45) is 0.800. The van der Waals surface area contributed by atoms with Crippen molar-refractivity contribution in [3.05, 3.63) is 28.8 Å². The molecule has 0 saturated heterocycles. The van der Waals surface area contributed by atoms with Gasteiger partial charge in [-0.15, -0.1) is 0 Å². The molecule has 0 aliphatic heterocycles. The monoisotopic (exact) mass is 227 g/mol. The van der Waals surface area contributed by atoms with Gasteiger partial charge in [0.25, 0.3) is 0 Å². The molecule has 0 fully saturated rings. The summed E-state index contributed by atoms with van der Waals surface area (Å²) in [5.74, 6) is -0.764. The highest BCUT2D eigenvalue weighted by Gasteiger charge is 2.01. The Balaban J connectivity index is 2.44. The Morgan fingerprint density at radius 1 is 1.53 bits per heavy atom. The molecule has 0 aromatic heterocycles. The predicted molar refractivity (Wildman–Crippen MR) is 61.5 cm³/mol. The molecule has 0 bridgehead atoms. The highest BCUT2D eigenvalue weighted by molar-refractivity contribution is 6.31. The van der Waals surface area contributed by atoms with E-state index in [9.17, 15) is 4.79 Å². The van der Waals surface area contributed by atoms with E-state index in [4.69, 9.17) is 16.7 Å². The maximum atomic E-state index is 10.3. The van der Waals surface area contributed by atoms with Crippen molar-refractivity contribution in [3.8, 4) is 0 Å². The molecule has 0 aliphatic rings. The minimum absolute atomic E-state index is 0.187. The summed E-state index contributed by atoms with van der Waals surface area (Å²) in [4.78, 5) is 10.3. The van der Waals surface area contributed by atoms with Crippen molar-refractivity contribution in [2.45, 2.75) is 19.8 Å². The van der Waals surface area contributed by atoms with Crippen LogP contribution >= 0.6 is 11.6 Å². The first kappa shape index (κ1) is 11.9. The number of hydrogen-bond acceptors (Lipinski definition) is 2. The minimum Gasteiger partial charge on any atom is -0.481 e. The van der Waals surface area contributed by atoms with Crippen molar-refractivity contribution < 1.29 is 9.90 Å². The number of hydrogen-bond donors (Lipinski definition) is 2. The highest BCUT2D eigenvalue weighted by Crippen LogP contribution is 2.22. The van der Waals surface area contributed by atoms with Crippen LogP contribution in [0.15, 0.2) is 18.2 Å². The first-order valence-electron chi connectivity index (χ1n) is 4.82. The lowest BCUT2D eigenvalue weighted by Crippen LogP contribution is -2.05. The Hall–Kier alpha value is -1.22. The van der Waals surface area contributed by atoms with Crippen LogP contribution in [-0.2, 0) is 4.79 Å². The predicted octanol–water partition coefficient (Wildman–Crippen LogP) is 2.93. The molecule has 3 nitrogen and oxygen atoms in total. The van der Waals surface area contributed by atoms with Crippen molar-refractivity contribution in [2.24, 2.45) is 0 Å². The number of nitrogens with one attached hydrogen (secondary N) is 1. The van der Waals surface area contributed by atoms with Crippen molar-refractivity contribution in [1.82, 2.24) is 0 Å². The van der Waals surface area contributed by atoms with Gasteiger partial charge in [0.05, 0.1) is 0 Å². The third kappa shape index (κ3) is 3.80. The zero-order chi connectivity index (χ0) is 11.3. The number of benzene rings is 1. The van der Waals surface area contributed by atoms with E-state index in [0.717, 1.165) is 16.3 Å². The molecule has 0 unspecified atom stereocenters. The number of carbonyl (C=O) groups is 1. The average molecular weight is 228 g/mol. The number of halogens is 1. The number of rotatable bonds is 5. The Bertz CT molecular complexity index is 352. The van der Waals surface area contributed by atoms with Crippen LogP contribution in [0.2, 0.25) is 5.02 Å². The van der Waals surface area contributed by atoms with Gasteiger partial charge >= 0.3 is 5.97 Å². The van der Waals surface area contributed by atoms with Crippen LogP contribution in [0, 0.1) is 6.92 Å². The van der Waals surface area contributed by atoms with Crippen LogP contribution in [0.5, 0.6) is 0 Å². The smallest absolute Gasteiger partial charge is 0.303 e. The minimum atomic E-state index is -0.764. The summed E-state index contributed by atoms with van der Waals surface area (Å²) in [6, 6.07) is 5.64. The number of carboxylic acids is 1. The van der Waals surface area contributed by atoms with Crippen molar-refractivity contribution in [1.29, 1.82) is 0 Å². The summed E-state index contributed by atoms with van der Waals surface area (Å²) in [5.41, 5.74) is 1.96. The lowest BCUT2D eigenvalue weighted by Gasteiger charge is -2.09. The van der Waals surface area contributed by atoms with Gasteiger partial charge in [-0.1, -0.05) is 17.7 Å². The molecule has 1 aromatic carbocycles. The summed E-state index contributed by atoms with van der Waals surface area (Å²) >= 11 is 5.94. The number of carboxylic acid groups (broad SMARTS) is 1. The van der Waals surface area contributed by atoms with Gasteiger partial charge in [-0.05, 0) is 31.0 Å². The molecule has 1 rings (SSSR count). The van der Waals surface area contributed by atoms with Crippen molar-refractivity contribution in [2.75, 3.05) is 11.9 Å². The van der Waals surface area contributed by atoms with Crippen molar-refractivity contribution >= 4 is 23.3 Å². The molecule has 1 aromatic rings. The number of anilines is 1. The van der Waals surface area contributed by atoms with E-state index in [1.807, 2.05) is 25.1 Å². The van der Waals surface area contributed by atoms with Crippen molar-refractivity contribution in [3.63, 3.8) is 0 Å². The van der Waals surface area contributed by atoms with Gasteiger partial charge in [-0.2, -0.15) is 0 Å². The average Bonchev–Trinajstić information content (AvgIpc) is 2.18. The van der Waals surface area contributed by atoms with E-state index in [1.165, 1.54) is 0 Å². The molecule has 15 heavy (non-hydrogen) atoms. The molecule has 0 heterocycles.